The maximum Gasteiger partial charge on any atom is 0.249 e. The predicted molar refractivity (Wildman–Crippen MR) is 72.5 cm³/mol. The van der Waals surface area contributed by atoms with Crippen molar-refractivity contribution in [3.8, 4) is 0 Å². The van der Waals surface area contributed by atoms with Crippen molar-refractivity contribution in [2.45, 2.75) is 70.4 Å². The Labute approximate surface area is 114 Å². The number of carbonyl (C=O) groups excluding carboxylic acids is 2. The van der Waals surface area contributed by atoms with E-state index in [9.17, 15) is 9.59 Å². The van der Waals surface area contributed by atoms with E-state index in [0.717, 1.165) is 32.2 Å². The molecular weight excluding hydrogens is 240 g/mol. The summed E-state index contributed by atoms with van der Waals surface area (Å²) in [6, 6.07) is -0.254. The van der Waals surface area contributed by atoms with Crippen molar-refractivity contribution >= 4 is 11.8 Å². The molecule has 4 nitrogen and oxygen atoms in total. The SMILES string of the molecule is CCC1C(=O)NC2(CCCC2)C(=O)N1CC1(C)CC1. The van der Waals surface area contributed by atoms with Crippen LogP contribution in [0.1, 0.15) is 58.8 Å². The maximum absolute atomic E-state index is 12.9. The van der Waals surface area contributed by atoms with Crippen molar-refractivity contribution < 1.29 is 9.59 Å². The first-order valence-electron chi connectivity index (χ1n) is 7.63. The topological polar surface area (TPSA) is 49.4 Å². The van der Waals surface area contributed by atoms with E-state index in [4.69, 9.17) is 0 Å². The van der Waals surface area contributed by atoms with Gasteiger partial charge in [-0.2, -0.15) is 0 Å². The van der Waals surface area contributed by atoms with Gasteiger partial charge < -0.3 is 10.2 Å². The van der Waals surface area contributed by atoms with Gasteiger partial charge in [-0.25, -0.2) is 0 Å². The normalized spacial score (nSPS) is 31.7. The van der Waals surface area contributed by atoms with Gasteiger partial charge in [0.15, 0.2) is 0 Å². The van der Waals surface area contributed by atoms with Gasteiger partial charge in [-0.1, -0.05) is 26.7 Å². The molecule has 1 heterocycles. The Morgan fingerprint density at radius 2 is 1.84 bits per heavy atom. The minimum absolute atomic E-state index is 0.0632. The highest BCUT2D eigenvalue weighted by molar-refractivity contribution is 6.00. The van der Waals surface area contributed by atoms with Crippen molar-refractivity contribution in [1.29, 1.82) is 0 Å². The molecular formula is C15H24N2O2. The molecule has 1 saturated heterocycles. The molecule has 19 heavy (non-hydrogen) atoms. The molecule has 0 bridgehead atoms. The quantitative estimate of drug-likeness (QED) is 0.845. The molecule has 1 spiro atoms. The number of carbonyl (C=O) groups is 2. The zero-order valence-corrected chi connectivity index (χ0v) is 12.0. The molecule has 3 aliphatic rings. The van der Waals surface area contributed by atoms with Gasteiger partial charge in [-0.3, -0.25) is 9.59 Å². The second-order valence-corrected chi connectivity index (χ2v) is 6.95. The van der Waals surface area contributed by atoms with Crippen LogP contribution in [0.3, 0.4) is 0 Å². The van der Waals surface area contributed by atoms with E-state index in [1.165, 1.54) is 12.8 Å². The average molecular weight is 264 g/mol. The summed E-state index contributed by atoms with van der Waals surface area (Å²) in [5.41, 5.74) is -0.297. The Hall–Kier alpha value is -1.06. The fraction of sp³-hybridized carbons (Fsp3) is 0.867. The Bertz CT molecular complexity index is 408. The lowest BCUT2D eigenvalue weighted by molar-refractivity contribution is -0.156. The molecule has 4 heteroatoms. The minimum atomic E-state index is -0.562. The summed E-state index contributed by atoms with van der Waals surface area (Å²) >= 11 is 0. The Morgan fingerprint density at radius 3 is 2.37 bits per heavy atom. The lowest BCUT2D eigenvalue weighted by atomic mass is 9.89. The third-order valence-corrected chi connectivity index (χ3v) is 5.21. The first kappa shape index (κ1) is 12.9. The van der Waals surface area contributed by atoms with E-state index in [2.05, 4.69) is 12.2 Å². The number of nitrogens with zero attached hydrogens (tertiary/aromatic N) is 1. The summed E-state index contributed by atoms with van der Waals surface area (Å²) in [7, 11) is 0. The minimum Gasteiger partial charge on any atom is -0.340 e. The summed E-state index contributed by atoms with van der Waals surface area (Å²) in [5.74, 6) is 0.248. The van der Waals surface area contributed by atoms with Crippen LogP contribution in [-0.4, -0.2) is 34.8 Å². The number of rotatable bonds is 3. The van der Waals surface area contributed by atoms with E-state index in [-0.39, 0.29) is 23.3 Å². The monoisotopic (exact) mass is 264 g/mol. The van der Waals surface area contributed by atoms with Gasteiger partial charge in [0, 0.05) is 6.54 Å². The smallest absolute Gasteiger partial charge is 0.249 e. The zero-order chi connectivity index (χ0) is 13.7. The lowest BCUT2D eigenvalue weighted by Crippen LogP contribution is -2.69. The highest BCUT2D eigenvalue weighted by Gasteiger charge is 2.53. The molecule has 2 saturated carbocycles. The van der Waals surface area contributed by atoms with Gasteiger partial charge in [0.25, 0.3) is 0 Å². The molecule has 2 aliphatic carbocycles. The van der Waals surface area contributed by atoms with Crippen LogP contribution in [0.4, 0.5) is 0 Å². The van der Waals surface area contributed by atoms with Crippen molar-refractivity contribution in [1.82, 2.24) is 10.2 Å². The van der Waals surface area contributed by atoms with E-state index in [0.29, 0.717) is 6.42 Å². The molecule has 3 fully saturated rings. The standard InChI is InChI=1S/C15H24N2O2/c1-3-11-12(18)16-15(6-4-5-7-15)13(19)17(11)10-14(2)8-9-14/h11H,3-10H2,1-2H3,(H,16,18). The first-order chi connectivity index (χ1) is 9.00. The molecule has 1 unspecified atom stereocenters. The summed E-state index contributed by atoms with van der Waals surface area (Å²) in [5, 5.41) is 3.05. The van der Waals surface area contributed by atoms with Gasteiger partial charge in [0.2, 0.25) is 11.8 Å². The highest BCUT2D eigenvalue weighted by Crippen LogP contribution is 2.47. The summed E-state index contributed by atoms with van der Waals surface area (Å²) < 4.78 is 0. The van der Waals surface area contributed by atoms with E-state index in [1.807, 2.05) is 11.8 Å². The molecule has 3 rings (SSSR count). The van der Waals surface area contributed by atoms with Crippen molar-refractivity contribution in [2.75, 3.05) is 6.54 Å². The van der Waals surface area contributed by atoms with Crippen LogP contribution in [0.2, 0.25) is 0 Å². The zero-order valence-electron chi connectivity index (χ0n) is 12.0. The average Bonchev–Trinajstić information content (AvgIpc) is 2.90. The number of hydrogen-bond donors (Lipinski definition) is 1. The Morgan fingerprint density at radius 1 is 1.21 bits per heavy atom. The van der Waals surface area contributed by atoms with E-state index >= 15 is 0 Å². The van der Waals surface area contributed by atoms with Gasteiger partial charge in [-0.05, 0) is 37.5 Å². The van der Waals surface area contributed by atoms with Crippen molar-refractivity contribution in [3.05, 3.63) is 0 Å². The molecule has 106 valence electrons. The molecule has 0 aromatic carbocycles. The van der Waals surface area contributed by atoms with E-state index in [1.54, 1.807) is 0 Å². The molecule has 0 radical (unpaired) electrons. The third-order valence-electron chi connectivity index (χ3n) is 5.21. The van der Waals surface area contributed by atoms with Crippen LogP contribution in [0.15, 0.2) is 0 Å². The maximum atomic E-state index is 12.9. The molecule has 0 aromatic rings. The molecule has 1 N–H and O–H groups in total. The summed E-state index contributed by atoms with van der Waals surface area (Å²) in [4.78, 5) is 27.1. The first-order valence-corrected chi connectivity index (χ1v) is 7.63. The second kappa shape index (κ2) is 4.22. The highest BCUT2D eigenvalue weighted by atomic mass is 16.2. The Balaban J connectivity index is 1.87. The third kappa shape index (κ3) is 2.05. The number of nitrogens with one attached hydrogen (secondary N) is 1. The largest absolute Gasteiger partial charge is 0.340 e. The van der Waals surface area contributed by atoms with Crippen LogP contribution < -0.4 is 5.32 Å². The molecule has 0 aromatic heterocycles. The van der Waals surface area contributed by atoms with Gasteiger partial charge >= 0.3 is 0 Å². The van der Waals surface area contributed by atoms with Crippen LogP contribution in [0, 0.1) is 5.41 Å². The van der Waals surface area contributed by atoms with Gasteiger partial charge in [0.05, 0.1) is 0 Å². The van der Waals surface area contributed by atoms with Gasteiger partial charge in [0.1, 0.15) is 11.6 Å². The fourth-order valence-corrected chi connectivity index (χ4v) is 3.62. The number of piperazine rings is 1. The van der Waals surface area contributed by atoms with Crippen LogP contribution in [-0.2, 0) is 9.59 Å². The number of amides is 2. The van der Waals surface area contributed by atoms with Gasteiger partial charge in [-0.15, -0.1) is 0 Å². The lowest BCUT2D eigenvalue weighted by Gasteiger charge is -2.45. The molecule has 1 atom stereocenters. The van der Waals surface area contributed by atoms with Crippen LogP contribution in [0.25, 0.3) is 0 Å². The summed E-state index contributed by atoms with van der Waals surface area (Å²) in [6.45, 7) is 4.98. The van der Waals surface area contributed by atoms with Crippen LogP contribution in [0.5, 0.6) is 0 Å². The van der Waals surface area contributed by atoms with Crippen LogP contribution >= 0.6 is 0 Å². The summed E-state index contributed by atoms with van der Waals surface area (Å²) in [6.07, 6.45) is 6.82. The van der Waals surface area contributed by atoms with E-state index < -0.39 is 5.54 Å². The van der Waals surface area contributed by atoms with Crippen molar-refractivity contribution in [2.24, 2.45) is 5.41 Å². The predicted octanol–water partition coefficient (Wildman–Crippen LogP) is 1.84. The van der Waals surface area contributed by atoms with Crippen molar-refractivity contribution in [3.63, 3.8) is 0 Å². The fourth-order valence-electron chi connectivity index (χ4n) is 3.62. The molecule has 1 aliphatic heterocycles. The Kier molecular flexibility index (Phi) is 2.88. The molecule has 2 amide bonds. The number of hydrogen-bond acceptors (Lipinski definition) is 2. The second-order valence-electron chi connectivity index (χ2n) is 6.95.